The molecule has 1 aliphatic heterocycles. The zero-order valence-electron chi connectivity index (χ0n) is 12.7. The molecule has 1 N–H and O–H groups in total. The maximum absolute atomic E-state index is 12.5. The molecule has 0 aromatic carbocycles. The summed E-state index contributed by atoms with van der Waals surface area (Å²) in [5.74, 6) is -0.295. The van der Waals surface area contributed by atoms with Crippen molar-refractivity contribution in [1.29, 1.82) is 0 Å². The van der Waals surface area contributed by atoms with Gasteiger partial charge in [0.05, 0.1) is 5.41 Å². The molecule has 4 nitrogen and oxygen atoms in total. The van der Waals surface area contributed by atoms with E-state index >= 15 is 0 Å². The number of pyridine rings is 1. The number of imide groups is 1. The number of aromatic nitrogens is 1. The largest absolute Gasteiger partial charge is 0.296 e. The first kappa shape index (κ1) is 15.7. The number of nitrogens with zero attached hydrogens (tertiary/aromatic N) is 1. The summed E-state index contributed by atoms with van der Waals surface area (Å²) in [4.78, 5) is 28.0. The lowest BCUT2D eigenvalue weighted by Crippen LogP contribution is -2.51. The smallest absolute Gasteiger partial charge is 0.237 e. The first-order valence-electron chi connectivity index (χ1n) is 7.94. The molecule has 0 spiro atoms. The Morgan fingerprint density at radius 2 is 1.86 bits per heavy atom. The summed E-state index contributed by atoms with van der Waals surface area (Å²) in [6, 6.07) is 3.81. The van der Waals surface area contributed by atoms with Crippen molar-refractivity contribution in [1.82, 2.24) is 10.3 Å². The highest BCUT2D eigenvalue weighted by molar-refractivity contribution is 6.03. The van der Waals surface area contributed by atoms with Gasteiger partial charge in [-0.3, -0.25) is 19.9 Å². The Labute approximate surface area is 126 Å². The first-order chi connectivity index (χ1) is 10.2. The molecule has 0 bridgehead atoms. The molecule has 21 heavy (non-hydrogen) atoms. The summed E-state index contributed by atoms with van der Waals surface area (Å²) in [5.41, 5.74) is 0.432. The van der Waals surface area contributed by atoms with E-state index < -0.39 is 5.41 Å². The summed E-state index contributed by atoms with van der Waals surface area (Å²) in [6.45, 7) is 2.19. The van der Waals surface area contributed by atoms with Crippen LogP contribution in [-0.4, -0.2) is 16.8 Å². The average Bonchev–Trinajstić information content (AvgIpc) is 2.50. The third kappa shape index (κ3) is 3.69. The summed E-state index contributed by atoms with van der Waals surface area (Å²) in [6.07, 6.45) is 11.1. The number of rotatable bonds is 7. The molecule has 0 unspecified atom stereocenters. The van der Waals surface area contributed by atoms with Crippen LogP contribution in [-0.2, 0) is 15.0 Å². The van der Waals surface area contributed by atoms with Crippen LogP contribution < -0.4 is 5.32 Å². The van der Waals surface area contributed by atoms with Crippen LogP contribution in [0.4, 0.5) is 0 Å². The standard InChI is InChI=1S/C17H24N2O2/c1-2-3-4-5-6-10-17(14-8-12-18-13-9-14)11-7-15(20)19-16(17)21/h8-9,12-13H,2-7,10-11H2,1H3,(H,19,20,21)/t17-/m1/s1. The number of nitrogens with one attached hydrogen (secondary N) is 1. The Morgan fingerprint density at radius 1 is 1.14 bits per heavy atom. The van der Waals surface area contributed by atoms with E-state index in [2.05, 4.69) is 17.2 Å². The van der Waals surface area contributed by atoms with Crippen LogP contribution in [0.2, 0.25) is 0 Å². The van der Waals surface area contributed by atoms with Crippen molar-refractivity contribution >= 4 is 11.8 Å². The summed E-state index contributed by atoms with van der Waals surface area (Å²) in [5, 5.41) is 2.52. The van der Waals surface area contributed by atoms with Gasteiger partial charge in [-0.2, -0.15) is 0 Å². The Bertz CT molecular complexity index is 487. The van der Waals surface area contributed by atoms with E-state index in [-0.39, 0.29) is 11.8 Å². The molecule has 1 fully saturated rings. The van der Waals surface area contributed by atoms with Crippen molar-refractivity contribution in [2.75, 3.05) is 0 Å². The van der Waals surface area contributed by atoms with Gasteiger partial charge in [0.25, 0.3) is 0 Å². The minimum Gasteiger partial charge on any atom is -0.296 e. The zero-order valence-corrected chi connectivity index (χ0v) is 12.7. The third-order valence-corrected chi connectivity index (χ3v) is 4.41. The van der Waals surface area contributed by atoms with Gasteiger partial charge in [-0.15, -0.1) is 0 Å². The number of piperidine rings is 1. The molecule has 0 saturated carbocycles. The fraction of sp³-hybridized carbons (Fsp3) is 0.588. The highest BCUT2D eigenvalue weighted by Gasteiger charge is 2.43. The summed E-state index contributed by atoms with van der Waals surface area (Å²) in [7, 11) is 0. The molecular formula is C17H24N2O2. The van der Waals surface area contributed by atoms with E-state index in [0.717, 1.165) is 24.8 Å². The lowest BCUT2D eigenvalue weighted by Gasteiger charge is -2.35. The first-order valence-corrected chi connectivity index (χ1v) is 7.94. The zero-order chi connectivity index (χ0) is 15.1. The molecule has 1 aromatic heterocycles. The van der Waals surface area contributed by atoms with Crippen LogP contribution in [0.25, 0.3) is 0 Å². The van der Waals surface area contributed by atoms with E-state index in [1.807, 2.05) is 12.1 Å². The van der Waals surface area contributed by atoms with Crippen LogP contribution >= 0.6 is 0 Å². The lowest BCUT2D eigenvalue weighted by molar-refractivity contribution is -0.138. The van der Waals surface area contributed by atoms with Crippen LogP contribution in [0.5, 0.6) is 0 Å². The molecule has 2 rings (SSSR count). The van der Waals surface area contributed by atoms with Crippen LogP contribution in [0.3, 0.4) is 0 Å². The fourth-order valence-electron chi connectivity index (χ4n) is 3.11. The minimum atomic E-state index is -0.553. The molecule has 114 valence electrons. The molecule has 1 aromatic rings. The van der Waals surface area contributed by atoms with Gasteiger partial charge in [0.2, 0.25) is 11.8 Å². The van der Waals surface area contributed by atoms with E-state index in [1.165, 1.54) is 19.3 Å². The maximum atomic E-state index is 12.5. The molecule has 0 radical (unpaired) electrons. The Hall–Kier alpha value is -1.71. The molecule has 0 aliphatic carbocycles. The van der Waals surface area contributed by atoms with Gasteiger partial charge in [0.1, 0.15) is 0 Å². The monoisotopic (exact) mass is 288 g/mol. The molecule has 4 heteroatoms. The number of hydrogen-bond acceptors (Lipinski definition) is 3. The number of carbonyl (C=O) groups excluding carboxylic acids is 2. The molecular weight excluding hydrogens is 264 g/mol. The van der Waals surface area contributed by atoms with Gasteiger partial charge in [-0.25, -0.2) is 0 Å². The summed E-state index contributed by atoms with van der Waals surface area (Å²) < 4.78 is 0. The fourth-order valence-corrected chi connectivity index (χ4v) is 3.11. The van der Waals surface area contributed by atoms with Crippen molar-refractivity contribution in [2.24, 2.45) is 0 Å². The second-order valence-electron chi connectivity index (χ2n) is 5.86. The molecule has 2 heterocycles. The van der Waals surface area contributed by atoms with Crippen molar-refractivity contribution < 1.29 is 9.59 Å². The minimum absolute atomic E-state index is 0.138. The second-order valence-corrected chi connectivity index (χ2v) is 5.86. The van der Waals surface area contributed by atoms with Crippen molar-refractivity contribution in [3.63, 3.8) is 0 Å². The predicted molar refractivity (Wildman–Crippen MR) is 81.7 cm³/mol. The Kier molecular flexibility index (Phi) is 5.48. The average molecular weight is 288 g/mol. The summed E-state index contributed by atoms with van der Waals surface area (Å²) >= 11 is 0. The van der Waals surface area contributed by atoms with Gasteiger partial charge >= 0.3 is 0 Å². The van der Waals surface area contributed by atoms with Gasteiger partial charge in [-0.05, 0) is 30.5 Å². The number of amides is 2. The van der Waals surface area contributed by atoms with Crippen LogP contribution in [0.1, 0.15) is 63.9 Å². The predicted octanol–water partition coefficient (Wildman–Crippen LogP) is 3.12. The van der Waals surface area contributed by atoms with E-state index in [0.29, 0.717) is 12.8 Å². The molecule has 1 saturated heterocycles. The van der Waals surface area contributed by atoms with E-state index in [9.17, 15) is 9.59 Å². The van der Waals surface area contributed by atoms with Crippen LogP contribution in [0, 0.1) is 0 Å². The normalized spacial score (nSPS) is 22.1. The topological polar surface area (TPSA) is 59.1 Å². The van der Waals surface area contributed by atoms with E-state index in [4.69, 9.17) is 0 Å². The highest BCUT2D eigenvalue weighted by Crippen LogP contribution is 2.37. The lowest BCUT2D eigenvalue weighted by atomic mass is 9.70. The SMILES string of the molecule is CCCCCCC[C@]1(c2ccncc2)CCC(=O)NC1=O. The van der Waals surface area contributed by atoms with Crippen molar-refractivity contribution in [2.45, 2.75) is 63.7 Å². The highest BCUT2D eigenvalue weighted by atomic mass is 16.2. The maximum Gasteiger partial charge on any atom is 0.237 e. The van der Waals surface area contributed by atoms with Gasteiger partial charge in [0, 0.05) is 18.8 Å². The van der Waals surface area contributed by atoms with Crippen molar-refractivity contribution in [3.8, 4) is 0 Å². The molecule has 1 atom stereocenters. The molecule has 2 amide bonds. The Morgan fingerprint density at radius 3 is 2.52 bits per heavy atom. The Balaban J connectivity index is 2.11. The van der Waals surface area contributed by atoms with Crippen molar-refractivity contribution in [3.05, 3.63) is 30.1 Å². The van der Waals surface area contributed by atoms with Gasteiger partial charge in [0.15, 0.2) is 0 Å². The third-order valence-electron chi connectivity index (χ3n) is 4.41. The quantitative estimate of drug-likeness (QED) is 0.619. The van der Waals surface area contributed by atoms with E-state index in [1.54, 1.807) is 12.4 Å². The molecule has 1 aliphatic rings. The number of carbonyl (C=O) groups is 2. The number of hydrogen-bond donors (Lipinski definition) is 1. The van der Waals surface area contributed by atoms with Gasteiger partial charge in [-0.1, -0.05) is 39.0 Å². The second kappa shape index (κ2) is 7.34. The van der Waals surface area contributed by atoms with Crippen LogP contribution in [0.15, 0.2) is 24.5 Å². The number of unbranched alkanes of at least 4 members (excludes halogenated alkanes) is 4. The van der Waals surface area contributed by atoms with Gasteiger partial charge < -0.3 is 0 Å².